The summed E-state index contributed by atoms with van der Waals surface area (Å²) in [7, 11) is 0. The van der Waals surface area contributed by atoms with E-state index in [-0.39, 0.29) is 24.8 Å². The number of halogens is 6. The molecule has 2 aromatic carbocycles. The molecule has 2 rings (SSSR count). The maximum atomic E-state index is 12.8. The molecule has 1 nitrogen and oxygen atoms in total. The second kappa shape index (κ2) is 8.61. The molecule has 2 aromatic rings. The summed E-state index contributed by atoms with van der Waals surface area (Å²) in [6, 6.07) is 11.0. The molecule has 0 saturated carbocycles. The van der Waals surface area contributed by atoms with Gasteiger partial charge in [-0.15, -0.1) is 0 Å². The summed E-state index contributed by atoms with van der Waals surface area (Å²) in [4.78, 5) is 0. The highest BCUT2D eigenvalue weighted by molar-refractivity contribution is 5.33. The Kier molecular flexibility index (Phi) is 6.70. The number of hydrogen-bond donors (Lipinski definition) is 0. The molecule has 0 bridgehead atoms. The van der Waals surface area contributed by atoms with Gasteiger partial charge in [-0.05, 0) is 42.2 Å². The van der Waals surface area contributed by atoms with Crippen molar-refractivity contribution in [3.63, 3.8) is 0 Å². The van der Waals surface area contributed by atoms with Gasteiger partial charge < -0.3 is 4.74 Å². The third-order valence-electron chi connectivity index (χ3n) is 3.81. The lowest BCUT2D eigenvalue weighted by Gasteiger charge is -2.14. The van der Waals surface area contributed by atoms with E-state index in [1.54, 1.807) is 0 Å². The molecule has 0 aliphatic heterocycles. The van der Waals surface area contributed by atoms with Crippen molar-refractivity contribution in [3.8, 4) is 0 Å². The molecule has 0 atom stereocenters. The summed E-state index contributed by atoms with van der Waals surface area (Å²) in [6.07, 6.45) is -8.63. The summed E-state index contributed by atoms with van der Waals surface area (Å²) in [5.41, 5.74) is -0.934. The first-order valence-corrected chi connectivity index (χ1v) is 8.12. The third-order valence-corrected chi connectivity index (χ3v) is 3.81. The molecule has 0 amide bonds. The van der Waals surface area contributed by atoms with Crippen LogP contribution in [-0.4, -0.2) is 6.61 Å². The number of hydrogen-bond acceptors (Lipinski definition) is 1. The molecule has 0 fully saturated rings. The van der Waals surface area contributed by atoms with E-state index in [2.05, 4.69) is 6.58 Å². The molecule has 0 radical (unpaired) electrons. The topological polar surface area (TPSA) is 9.23 Å². The zero-order chi connectivity index (χ0) is 20.1. The zero-order valence-corrected chi connectivity index (χ0v) is 14.3. The smallest absolute Gasteiger partial charge is 0.376 e. The molecule has 0 N–H and O–H groups in total. The highest BCUT2D eigenvalue weighted by atomic mass is 19.4. The van der Waals surface area contributed by atoms with Gasteiger partial charge in [0, 0.05) is 0 Å². The Morgan fingerprint density at radius 3 is 1.89 bits per heavy atom. The predicted molar refractivity (Wildman–Crippen MR) is 90.0 cm³/mol. The molecule has 0 aromatic heterocycles. The fraction of sp³-hybridized carbons (Fsp3) is 0.300. The van der Waals surface area contributed by atoms with Crippen molar-refractivity contribution in [1.29, 1.82) is 0 Å². The highest BCUT2D eigenvalue weighted by Crippen LogP contribution is 2.36. The monoisotopic (exact) mass is 388 g/mol. The van der Waals surface area contributed by atoms with Crippen LogP contribution in [0.2, 0.25) is 0 Å². The largest absolute Gasteiger partial charge is 0.416 e. The Morgan fingerprint density at radius 1 is 0.815 bits per heavy atom. The second-order valence-electron chi connectivity index (χ2n) is 6.13. The summed E-state index contributed by atoms with van der Waals surface area (Å²) < 4.78 is 82.2. The van der Waals surface area contributed by atoms with Gasteiger partial charge in [0.25, 0.3) is 0 Å². The van der Waals surface area contributed by atoms with Crippen molar-refractivity contribution >= 4 is 0 Å². The van der Waals surface area contributed by atoms with E-state index < -0.39 is 23.5 Å². The van der Waals surface area contributed by atoms with E-state index in [1.807, 2.05) is 30.3 Å². The van der Waals surface area contributed by atoms with Crippen molar-refractivity contribution in [3.05, 3.63) is 82.9 Å². The lowest BCUT2D eigenvalue weighted by atomic mass is 10.0. The Labute approximate surface area is 153 Å². The number of ether oxygens (including phenoxy) is 1. The van der Waals surface area contributed by atoms with Gasteiger partial charge in [-0.2, -0.15) is 26.3 Å². The van der Waals surface area contributed by atoms with Crippen LogP contribution in [0, 0.1) is 0 Å². The van der Waals surface area contributed by atoms with E-state index in [0.717, 1.165) is 11.1 Å². The number of benzene rings is 2. The van der Waals surface area contributed by atoms with Crippen LogP contribution in [0.25, 0.3) is 0 Å². The summed E-state index contributed by atoms with van der Waals surface area (Å²) >= 11 is 0. The fourth-order valence-corrected chi connectivity index (χ4v) is 2.48. The first-order valence-electron chi connectivity index (χ1n) is 8.12. The predicted octanol–water partition coefficient (Wildman–Crippen LogP) is 6.43. The van der Waals surface area contributed by atoms with Crippen LogP contribution >= 0.6 is 0 Å². The van der Waals surface area contributed by atoms with Gasteiger partial charge in [0.15, 0.2) is 0 Å². The Bertz CT molecular complexity index is 730. The molecule has 7 heteroatoms. The standard InChI is InChI=1S/C20H18F6O/c1-14(9-15-5-3-2-4-6-15)7-8-27-13-16-10-17(19(21,22)23)12-18(11-16)20(24,25)26/h2-6,10-12H,1,7-9,13H2. The first kappa shape index (κ1) is 21.0. The van der Waals surface area contributed by atoms with E-state index >= 15 is 0 Å². The quantitative estimate of drug-likeness (QED) is 0.302. The molecule has 0 spiro atoms. The number of rotatable bonds is 7. The van der Waals surface area contributed by atoms with Crippen molar-refractivity contribution in [2.45, 2.75) is 31.8 Å². The van der Waals surface area contributed by atoms with Crippen molar-refractivity contribution in [2.75, 3.05) is 6.61 Å². The van der Waals surface area contributed by atoms with Crippen LogP contribution in [0.5, 0.6) is 0 Å². The van der Waals surface area contributed by atoms with E-state index in [4.69, 9.17) is 4.74 Å². The molecule has 0 saturated heterocycles. The average Bonchev–Trinajstić information content (AvgIpc) is 2.58. The van der Waals surface area contributed by atoms with Gasteiger partial charge in [0.1, 0.15) is 0 Å². The SMILES string of the molecule is C=C(CCOCc1cc(C(F)(F)F)cc(C(F)(F)F)c1)Cc1ccccc1. The van der Waals surface area contributed by atoms with Crippen LogP contribution in [0.4, 0.5) is 26.3 Å². The molecular weight excluding hydrogens is 370 g/mol. The summed E-state index contributed by atoms with van der Waals surface area (Å²) in [5.74, 6) is 0. The number of alkyl halides is 6. The third kappa shape index (κ3) is 6.75. The van der Waals surface area contributed by atoms with Crippen molar-refractivity contribution < 1.29 is 31.1 Å². The lowest BCUT2D eigenvalue weighted by Crippen LogP contribution is -2.12. The Hall–Kier alpha value is -2.28. The van der Waals surface area contributed by atoms with Crippen LogP contribution < -0.4 is 0 Å². The minimum absolute atomic E-state index is 0.102. The molecule has 146 valence electrons. The molecule has 0 aliphatic carbocycles. The molecule has 0 unspecified atom stereocenters. The van der Waals surface area contributed by atoms with Crippen LogP contribution in [-0.2, 0) is 30.1 Å². The minimum Gasteiger partial charge on any atom is -0.376 e. The maximum absolute atomic E-state index is 12.8. The van der Waals surface area contributed by atoms with Gasteiger partial charge >= 0.3 is 12.4 Å². The fourth-order valence-electron chi connectivity index (χ4n) is 2.48. The Morgan fingerprint density at radius 2 is 1.37 bits per heavy atom. The van der Waals surface area contributed by atoms with Crippen LogP contribution in [0.1, 0.15) is 28.7 Å². The molecule has 0 aliphatic rings. The highest BCUT2D eigenvalue weighted by Gasteiger charge is 2.36. The summed E-state index contributed by atoms with van der Waals surface area (Å²) in [5, 5.41) is 0. The second-order valence-corrected chi connectivity index (χ2v) is 6.13. The van der Waals surface area contributed by atoms with Crippen LogP contribution in [0.3, 0.4) is 0 Å². The van der Waals surface area contributed by atoms with Gasteiger partial charge in [-0.1, -0.05) is 42.5 Å². The van der Waals surface area contributed by atoms with E-state index in [9.17, 15) is 26.3 Å². The normalized spacial score (nSPS) is 12.2. The van der Waals surface area contributed by atoms with Crippen LogP contribution in [0.15, 0.2) is 60.7 Å². The van der Waals surface area contributed by atoms with Gasteiger partial charge in [-0.3, -0.25) is 0 Å². The van der Waals surface area contributed by atoms with Crippen molar-refractivity contribution in [1.82, 2.24) is 0 Å². The molecule has 0 heterocycles. The zero-order valence-electron chi connectivity index (χ0n) is 14.3. The average molecular weight is 388 g/mol. The summed E-state index contributed by atoms with van der Waals surface area (Å²) in [6.45, 7) is 3.72. The molecule has 27 heavy (non-hydrogen) atoms. The minimum atomic E-state index is -4.86. The van der Waals surface area contributed by atoms with Gasteiger partial charge in [0.05, 0.1) is 24.3 Å². The maximum Gasteiger partial charge on any atom is 0.416 e. The van der Waals surface area contributed by atoms with Gasteiger partial charge in [-0.25, -0.2) is 0 Å². The van der Waals surface area contributed by atoms with E-state index in [0.29, 0.717) is 25.0 Å². The lowest BCUT2D eigenvalue weighted by molar-refractivity contribution is -0.143. The molecular formula is C20H18F6O. The van der Waals surface area contributed by atoms with Gasteiger partial charge in [0.2, 0.25) is 0 Å². The van der Waals surface area contributed by atoms with Crippen molar-refractivity contribution in [2.24, 2.45) is 0 Å². The van der Waals surface area contributed by atoms with E-state index in [1.165, 1.54) is 0 Å². The Balaban J connectivity index is 1.94. The first-order chi connectivity index (χ1) is 12.6.